The molecule has 0 unspecified atom stereocenters. The van der Waals surface area contributed by atoms with Gasteiger partial charge in [0, 0.05) is 5.02 Å². The summed E-state index contributed by atoms with van der Waals surface area (Å²) in [6.45, 7) is 4.06. The summed E-state index contributed by atoms with van der Waals surface area (Å²) in [5, 5.41) is 0.713. The van der Waals surface area contributed by atoms with E-state index in [1.54, 1.807) is 0 Å². The van der Waals surface area contributed by atoms with Gasteiger partial charge < -0.3 is 4.74 Å². The molecule has 2 rings (SSSR count). The van der Waals surface area contributed by atoms with Crippen molar-refractivity contribution in [1.82, 2.24) is 0 Å². The normalized spacial score (nSPS) is 11.7. The average Bonchev–Trinajstić information content (AvgIpc) is 2.40. The monoisotopic (exact) mass is 272 g/mol. The van der Waals surface area contributed by atoms with Gasteiger partial charge in [-0.15, -0.1) is 0 Å². The predicted octanol–water partition coefficient (Wildman–Crippen LogP) is 5.21. The first-order valence-corrected chi connectivity index (χ1v) is 6.62. The molecule has 2 heteroatoms. The molecule has 0 aliphatic carbocycles. The summed E-state index contributed by atoms with van der Waals surface area (Å²) in [5.74, 6) is 0.812. The van der Waals surface area contributed by atoms with Crippen LogP contribution in [0.15, 0.2) is 60.7 Å². The van der Waals surface area contributed by atoms with E-state index in [0.29, 0.717) is 5.02 Å². The number of halogens is 1. The second-order valence-electron chi connectivity index (χ2n) is 4.90. The number of rotatable bonds is 4. The van der Waals surface area contributed by atoms with E-state index in [0.717, 1.165) is 11.3 Å². The first-order valence-electron chi connectivity index (χ1n) is 6.24. The van der Waals surface area contributed by atoms with Crippen molar-refractivity contribution in [3.8, 4) is 5.75 Å². The van der Waals surface area contributed by atoms with Gasteiger partial charge in [-0.1, -0.05) is 48.0 Å². The maximum atomic E-state index is 5.93. The second-order valence-corrected chi connectivity index (χ2v) is 5.34. The minimum atomic E-state index is -0.371. The van der Waals surface area contributed by atoms with Crippen LogP contribution in [-0.2, 0) is 0 Å². The molecular weight excluding hydrogens is 256 g/mol. The smallest absolute Gasteiger partial charge is 0.122 e. The molecule has 0 aliphatic rings. The van der Waals surface area contributed by atoms with Crippen molar-refractivity contribution in [3.05, 3.63) is 71.3 Å². The van der Waals surface area contributed by atoms with E-state index in [9.17, 15) is 0 Å². The molecule has 0 N–H and O–H groups in total. The summed E-state index contributed by atoms with van der Waals surface area (Å²) in [6.07, 6.45) is 4.12. The van der Waals surface area contributed by atoms with Gasteiger partial charge in [0.25, 0.3) is 0 Å². The van der Waals surface area contributed by atoms with Crippen LogP contribution < -0.4 is 4.74 Å². The van der Waals surface area contributed by atoms with E-state index in [2.05, 4.69) is 24.3 Å². The Morgan fingerprint density at radius 2 is 1.58 bits per heavy atom. The highest BCUT2D eigenvalue weighted by Crippen LogP contribution is 2.22. The van der Waals surface area contributed by atoms with Crippen LogP contribution in [0.25, 0.3) is 6.08 Å². The van der Waals surface area contributed by atoms with E-state index in [-0.39, 0.29) is 5.60 Å². The van der Waals surface area contributed by atoms with E-state index < -0.39 is 0 Å². The number of benzene rings is 2. The summed E-state index contributed by atoms with van der Waals surface area (Å²) in [7, 11) is 0. The zero-order valence-electron chi connectivity index (χ0n) is 11.1. The Labute approximate surface area is 119 Å². The molecule has 2 aromatic carbocycles. The van der Waals surface area contributed by atoms with Gasteiger partial charge in [-0.2, -0.15) is 0 Å². The van der Waals surface area contributed by atoms with Gasteiger partial charge in [0.1, 0.15) is 11.4 Å². The zero-order chi connectivity index (χ0) is 13.7. The summed E-state index contributed by atoms with van der Waals surface area (Å²) in [6, 6.07) is 17.6. The molecule has 0 bridgehead atoms. The molecule has 0 heterocycles. The van der Waals surface area contributed by atoms with Gasteiger partial charge in [0.2, 0.25) is 0 Å². The van der Waals surface area contributed by atoms with Crippen LogP contribution in [0, 0.1) is 0 Å². The van der Waals surface area contributed by atoms with Crippen molar-refractivity contribution in [1.29, 1.82) is 0 Å². The summed E-state index contributed by atoms with van der Waals surface area (Å²) >= 11 is 5.85. The van der Waals surface area contributed by atoms with Gasteiger partial charge in [-0.3, -0.25) is 0 Å². The molecule has 0 saturated carbocycles. The van der Waals surface area contributed by atoms with E-state index in [4.69, 9.17) is 16.3 Å². The highest BCUT2D eigenvalue weighted by molar-refractivity contribution is 6.30. The third kappa shape index (κ3) is 4.46. The number of hydrogen-bond acceptors (Lipinski definition) is 1. The van der Waals surface area contributed by atoms with Crippen molar-refractivity contribution in [2.24, 2.45) is 0 Å². The fourth-order valence-electron chi connectivity index (χ4n) is 1.70. The molecule has 0 spiro atoms. The third-order valence-corrected chi connectivity index (χ3v) is 2.92. The molecule has 19 heavy (non-hydrogen) atoms. The van der Waals surface area contributed by atoms with Crippen LogP contribution in [-0.4, -0.2) is 5.60 Å². The van der Waals surface area contributed by atoms with Crippen LogP contribution in [0.2, 0.25) is 5.02 Å². The molecule has 0 saturated heterocycles. The topological polar surface area (TPSA) is 9.23 Å². The average molecular weight is 273 g/mol. The van der Waals surface area contributed by atoms with Crippen molar-refractivity contribution in [2.75, 3.05) is 0 Å². The van der Waals surface area contributed by atoms with Gasteiger partial charge in [-0.05, 0) is 49.8 Å². The lowest BCUT2D eigenvalue weighted by Gasteiger charge is -2.23. The Hall–Kier alpha value is -1.73. The summed E-state index contributed by atoms with van der Waals surface area (Å²) in [4.78, 5) is 0. The van der Waals surface area contributed by atoms with Gasteiger partial charge in [-0.25, -0.2) is 0 Å². The van der Waals surface area contributed by atoms with E-state index in [1.807, 2.05) is 56.3 Å². The first kappa shape index (κ1) is 13.7. The standard InChI is InChI=1S/C17H17ClO/c1-17(2,13-12-14-6-4-3-5-7-14)19-16-10-8-15(18)9-11-16/h3-13H,1-2H3/b13-12+. The SMILES string of the molecule is CC(C)(/C=C/c1ccccc1)Oc1ccc(Cl)cc1. The van der Waals surface area contributed by atoms with Crippen molar-refractivity contribution >= 4 is 17.7 Å². The van der Waals surface area contributed by atoms with E-state index >= 15 is 0 Å². The fourth-order valence-corrected chi connectivity index (χ4v) is 1.83. The molecule has 0 amide bonds. The quantitative estimate of drug-likeness (QED) is 0.742. The third-order valence-electron chi connectivity index (χ3n) is 2.67. The zero-order valence-corrected chi connectivity index (χ0v) is 11.9. The van der Waals surface area contributed by atoms with Crippen molar-refractivity contribution in [2.45, 2.75) is 19.4 Å². The second kappa shape index (κ2) is 5.94. The lowest BCUT2D eigenvalue weighted by molar-refractivity contribution is 0.163. The maximum absolute atomic E-state index is 5.93. The van der Waals surface area contributed by atoms with Gasteiger partial charge in [0.05, 0.1) is 0 Å². The fraction of sp³-hybridized carbons (Fsp3) is 0.176. The molecule has 1 nitrogen and oxygen atoms in total. The Morgan fingerprint density at radius 1 is 0.947 bits per heavy atom. The van der Waals surface area contributed by atoms with Crippen LogP contribution in [0.1, 0.15) is 19.4 Å². The molecule has 0 aromatic heterocycles. The number of hydrogen-bond donors (Lipinski definition) is 0. The highest BCUT2D eigenvalue weighted by Gasteiger charge is 2.15. The summed E-state index contributed by atoms with van der Waals surface area (Å²) < 4.78 is 5.93. The molecule has 2 aromatic rings. The van der Waals surface area contributed by atoms with Crippen LogP contribution in [0.3, 0.4) is 0 Å². The minimum absolute atomic E-state index is 0.371. The van der Waals surface area contributed by atoms with Gasteiger partial charge >= 0.3 is 0 Å². The first-order chi connectivity index (χ1) is 9.05. The molecule has 0 atom stereocenters. The van der Waals surface area contributed by atoms with Crippen LogP contribution in [0.5, 0.6) is 5.75 Å². The molecule has 0 fully saturated rings. The Balaban J connectivity index is 2.06. The lowest BCUT2D eigenvalue weighted by atomic mass is 10.1. The van der Waals surface area contributed by atoms with Crippen LogP contribution in [0.4, 0.5) is 0 Å². The minimum Gasteiger partial charge on any atom is -0.484 e. The van der Waals surface area contributed by atoms with Gasteiger partial charge in [0.15, 0.2) is 0 Å². The van der Waals surface area contributed by atoms with E-state index in [1.165, 1.54) is 0 Å². The Kier molecular flexibility index (Phi) is 4.28. The predicted molar refractivity (Wildman–Crippen MR) is 81.6 cm³/mol. The number of ether oxygens (including phenoxy) is 1. The Bertz CT molecular complexity index is 541. The maximum Gasteiger partial charge on any atom is 0.122 e. The summed E-state index contributed by atoms with van der Waals surface area (Å²) in [5.41, 5.74) is 0.791. The molecule has 0 aliphatic heterocycles. The van der Waals surface area contributed by atoms with Crippen molar-refractivity contribution < 1.29 is 4.74 Å². The van der Waals surface area contributed by atoms with Crippen molar-refractivity contribution in [3.63, 3.8) is 0 Å². The lowest BCUT2D eigenvalue weighted by Crippen LogP contribution is -2.24. The molecule has 0 radical (unpaired) electrons. The highest BCUT2D eigenvalue weighted by atomic mass is 35.5. The largest absolute Gasteiger partial charge is 0.484 e. The molecular formula is C17H17ClO. The molecule has 98 valence electrons. The van der Waals surface area contributed by atoms with Crippen LogP contribution >= 0.6 is 11.6 Å². The Morgan fingerprint density at radius 3 is 2.21 bits per heavy atom.